The number of hydrogen-bond donors (Lipinski definition) is 2. The minimum absolute atomic E-state index is 0.0202. The van der Waals surface area contributed by atoms with Crippen molar-refractivity contribution in [2.75, 3.05) is 18.4 Å². The zero-order chi connectivity index (χ0) is 25.1. The number of amides is 1. The predicted molar refractivity (Wildman–Crippen MR) is 139 cm³/mol. The summed E-state index contributed by atoms with van der Waals surface area (Å²) in [5.41, 5.74) is 2.85. The van der Waals surface area contributed by atoms with Crippen molar-refractivity contribution in [2.24, 2.45) is 0 Å². The van der Waals surface area contributed by atoms with Crippen LogP contribution in [0.15, 0.2) is 30.9 Å². The number of aliphatic hydroxyl groups excluding tert-OH is 1. The van der Waals surface area contributed by atoms with Gasteiger partial charge in [0.25, 0.3) is 5.91 Å². The lowest BCUT2D eigenvalue weighted by atomic mass is 9.89. The van der Waals surface area contributed by atoms with Gasteiger partial charge >= 0.3 is 0 Å². The second kappa shape index (κ2) is 10.9. The summed E-state index contributed by atoms with van der Waals surface area (Å²) in [5, 5.41) is 22.3. The zero-order valence-corrected chi connectivity index (χ0v) is 21.3. The molecule has 4 heterocycles. The van der Waals surface area contributed by atoms with Crippen LogP contribution < -0.4 is 5.32 Å². The summed E-state index contributed by atoms with van der Waals surface area (Å²) in [5.74, 6) is 1.05. The number of aliphatic hydroxyl groups is 1. The molecule has 5 rings (SSSR count). The van der Waals surface area contributed by atoms with Crippen LogP contribution in [0.5, 0.6) is 0 Å². The van der Waals surface area contributed by atoms with Gasteiger partial charge < -0.3 is 19.9 Å². The van der Waals surface area contributed by atoms with Crippen LogP contribution in [0.1, 0.15) is 93.1 Å². The van der Waals surface area contributed by atoms with E-state index in [2.05, 4.69) is 45.1 Å². The monoisotopic (exact) mass is 491 g/mol. The number of anilines is 1. The second-order valence-corrected chi connectivity index (χ2v) is 10.4. The SMILES string of the molecule is CCC[C@H](C)Nc1ncc2c(C3CCN(C(=O)c4ccnnc4)CC3)cn(C3CCC(O)CC3)c2n1. The Hall–Kier alpha value is -3.07. The molecule has 2 aliphatic rings. The standard InChI is InChI=1S/C27H37N7O2/c1-3-4-18(2)31-27-28-16-23-24(17-34(25(23)32-27)21-5-7-22(35)8-6-21)19-10-13-33(14-11-19)26(36)20-9-12-29-30-15-20/h9,12,15-19,21-22,35H,3-8,10-11,13-14H2,1-2H3,(H,28,31,32)/t18-,21?,22?/m0/s1. The van der Waals surface area contributed by atoms with Crippen LogP contribution in [0.3, 0.4) is 0 Å². The molecule has 0 spiro atoms. The summed E-state index contributed by atoms with van der Waals surface area (Å²) in [6.45, 7) is 5.78. The summed E-state index contributed by atoms with van der Waals surface area (Å²) in [4.78, 5) is 24.5. The number of hydrogen-bond acceptors (Lipinski definition) is 7. The van der Waals surface area contributed by atoms with Crippen LogP contribution in [-0.4, -0.2) is 65.9 Å². The number of nitrogens with one attached hydrogen (secondary N) is 1. The van der Waals surface area contributed by atoms with Crippen LogP contribution in [0.4, 0.5) is 5.95 Å². The third-order valence-electron chi connectivity index (χ3n) is 7.81. The average molecular weight is 492 g/mol. The summed E-state index contributed by atoms with van der Waals surface area (Å²) >= 11 is 0. The molecule has 9 heteroatoms. The van der Waals surface area contributed by atoms with Gasteiger partial charge in [0.15, 0.2) is 0 Å². The van der Waals surface area contributed by atoms with Crippen molar-refractivity contribution >= 4 is 22.9 Å². The first kappa shape index (κ1) is 24.6. The van der Waals surface area contributed by atoms with Gasteiger partial charge in [0, 0.05) is 43.0 Å². The third-order valence-corrected chi connectivity index (χ3v) is 7.81. The van der Waals surface area contributed by atoms with E-state index in [1.807, 2.05) is 11.1 Å². The second-order valence-electron chi connectivity index (χ2n) is 10.4. The topological polar surface area (TPSA) is 109 Å². The lowest BCUT2D eigenvalue weighted by Gasteiger charge is -2.32. The van der Waals surface area contributed by atoms with Crippen LogP contribution >= 0.6 is 0 Å². The van der Waals surface area contributed by atoms with Crippen molar-refractivity contribution in [1.29, 1.82) is 0 Å². The highest BCUT2D eigenvalue weighted by atomic mass is 16.3. The molecular weight excluding hydrogens is 454 g/mol. The highest BCUT2D eigenvalue weighted by molar-refractivity contribution is 5.93. The van der Waals surface area contributed by atoms with E-state index < -0.39 is 0 Å². The van der Waals surface area contributed by atoms with Crippen LogP contribution in [0.2, 0.25) is 0 Å². The Kier molecular flexibility index (Phi) is 7.46. The molecule has 0 radical (unpaired) electrons. The number of fused-ring (bicyclic) bond motifs is 1. The molecule has 1 saturated carbocycles. The minimum Gasteiger partial charge on any atom is -0.393 e. The molecule has 1 saturated heterocycles. The lowest BCUT2D eigenvalue weighted by molar-refractivity contribution is 0.0712. The Morgan fingerprint density at radius 1 is 1.14 bits per heavy atom. The molecule has 3 aromatic heterocycles. The average Bonchev–Trinajstić information content (AvgIpc) is 3.28. The Morgan fingerprint density at radius 2 is 1.92 bits per heavy atom. The first-order chi connectivity index (χ1) is 17.5. The van der Waals surface area contributed by atoms with E-state index in [0.717, 1.165) is 62.4 Å². The Balaban J connectivity index is 1.39. The van der Waals surface area contributed by atoms with Gasteiger partial charge in [-0.15, -0.1) is 0 Å². The Morgan fingerprint density at radius 3 is 2.61 bits per heavy atom. The van der Waals surface area contributed by atoms with Crippen LogP contribution in [0, 0.1) is 0 Å². The fourth-order valence-electron chi connectivity index (χ4n) is 5.78. The maximum Gasteiger partial charge on any atom is 0.255 e. The number of piperidine rings is 1. The summed E-state index contributed by atoms with van der Waals surface area (Å²) in [6, 6.07) is 2.37. The van der Waals surface area contributed by atoms with Gasteiger partial charge in [-0.3, -0.25) is 4.79 Å². The third kappa shape index (κ3) is 5.21. The van der Waals surface area contributed by atoms with Gasteiger partial charge in [-0.2, -0.15) is 15.2 Å². The molecular formula is C27H37N7O2. The highest BCUT2D eigenvalue weighted by Gasteiger charge is 2.29. The first-order valence-electron chi connectivity index (χ1n) is 13.4. The molecule has 9 nitrogen and oxygen atoms in total. The van der Waals surface area contributed by atoms with E-state index >= 15 is 0 Å². The number of carbonyl (C=O) groups excluding carboxylic acids is 1. The van der Waals surface area contributed by atoms with E-state index in [-0.39, 0.29) is 12.0 Å². The molecule has 192 valence electrons. The summed E-state index contributed by atoms with van der Waals surface area (Å²) in [6.07, 6.45) is 14.7. The van der Waals surface area contributed by atoms with E-state index in [1.165, 1.54) is 11.8 Å². The molecule has 0 unspecified atom stereocenters. The predicted octanol–water partition coefficient (Wildman–Crippen LogP) is 4.32. The van der Waals surface area contributed by atoms with E-state index in [9.17, 15) is 9.90 Å². The van der Waals surface area contributed by atoms with Gasteiger partial charge in [0.05, 0.1) is 24.1 Å². The van der Waals surface area contributed by atoms with E-state index in [0.29, 0.717) is 42.6 Å². The minimum atomic E-state index is -0.193. The van der Waals surface area contributed by atoms with Gasteiger partial charge in [0.2, 0.25) is 5.95 Å². The van der Waals surface area contributed by atoms with Gasteiger partial charge in [-0.25, -0.2) is 4.98 Å². The maximum atomic E-state index is 12.9. The summed E-state index contributed by atoms with van der Waals surface area (Å²) in [7, 11) is 0. The molecule has 1 amide bonds. The molecule has 2 N–H and O–H groups in total. The number of aromatic nitrogens is 5. The molecule has 0 bridgehead atoms. The smallest absolute Gasteiger partial charge is 0.255 e. The Labute approximate surface area is 212 Å². The molecule has 3 aromatic rings. The maximum absolute atomic E-state index is 12.9. The number of carbonyl (C=O) groups is 1. The number of likely N-dealkylation sites (tertiary alicyclic amines) is 1. The largest absolute Gasteiger partial charge is 0.393 e. The zero-order valence-electron chi connectivity index (χ0n) is 21.3. The van der Waals surface area contributed by atoms with Crippen LogP contribution in [0.25, 0.3) is 11.0 Å². The fourth-order valence-corrected chi connectivity index (χ4v) is 5.78. The van der Waals surface area contributed by atoms with Crippen molar-refractivity contribution < 1.29 is 9.90 Å². The van der Waals surface area contributed by atoms with E-state index in [1.54, 1.807) is 12.3 Å². The van der Waals surface area contributed by atoms with Gasteiger partial charge in [-0.1, -0.05) is 13.3 Å². The number of nitrogens with zero attached hydrogens (tertiary/aromatic N) is 6. The molecule has 1 atom stereocenters. The van der Waals surface area contributed by atoms with Crippen molar-refractivity contribution in [1.82, 2.24) is 29.6 Å². The highest BCUT2D eigenvalue weighted by Crippen LogP contribution is 2.38. The van der Waals surface area contributed by atoms with Crippen molar-refractivity contribution in [3.05, 3.63) is 42.0 Å². The molecule has 36 heavy (non-hydrogen) atoms. The van der Waals surface area contributed by atoms with Crippen molar-refractivity contribution in [3.8, 4) is 0 Å². The first-order valence-corrected chi connectivity index (χ1v) is 13.4. The van der Waals surface area contributed by atoms with Crippen molar-refractivity contribution in [3.63, 3.8) is 0 Å². The summed E-state index contributed by atoms with van der Waals surface area (Å²) < 4.78 is 2.34. The fraction of sp³-hybridized carbons (Fsp3) is 0.593. The molecule has 0 aromatic carbocycles. The quantitative estimate of drug-likeness (QED) is 0.507. The van der Waals surface area contributed by atoms with Gasteiger partial charge in [-0.05, 0) is 69.4 Å². The van der Waals surface area contributed by atoms with E-state index in [4.69, 9.17) is 4.98 Å². The molecule has 1 aliphatic carbocycles. The van der Waals surface area contributed by atoms with Crippen molar-refractivity contribution in [2.45, 2.75) is 89.3 Å². The van der Waals surface area contributed by atoms with Gasteiger partial charge in [0.1, 0.15) is 5.65 Å². The van der Waals surface area contributed by atoms with Crippen LogP contribution in [-0.2, 0) is 0 Å². The normalized spacial score (nSPS) is 22.0. The Bertz CT molecular complexity index is 1170. The molecule has 1 aliphatic heterocycles. The number of rotatable bonds is 7. The lowest BCUT2D eigenvalue weighted by Crippen LogP contribution is -2.38. The molecule has 2 fully saturated rings.